The van der Waals surface area contributed by atoms with E-state index < -0.39 is 0 Å². The van der Waals surface area contributed by atoms with Crippen LogP contribution in [0.5, 0.6) is 0 Å². The van der Waals surface area contributed by atoms with Gasteiger partial charge in [-0.3, -0.25) is 4.79 Å². The Balaban J connectivity index is 2.24. The smallest absolute Gasteiger partial charge is 0.251 e. The predicted octanol–water partition coefficient (Wildman–Crippen LogP) is 3.40. The van der Waals surface area contributed by atoms with Gasteiger partial charge in [0.25, 0.3) is 5.91 Å². The molecule has 0 fully saturated rings. The first-order valence-corrected chi connectivity index (χ1v) is 9.19. The maximum atomic E-state index is 12.0. The molecule has 0 aliphatic rings. The first kappa shape index (κ1) is 18.1. The number of nitrogens with one attached hydrogen (secondary N) is 1. The summed E-state index contributed by atoms with van der Waals surface area (Å²) in [6.07, 6.45) is 4.25. The summed E-state index contributed by atoms with van der Waals surface area (Å²) in [4.78, 5) is 14.4. The van der Waals surface area contributed by atoms with Crippen LogP contribution in [0.1, 0.15) is 42.6 Å². The number of carbonyl (C=O) groups excluding carboxylic acids is 1. The van der Waals surface area contributed by atoms with Crippen molar-refractivity contribution in [3.05, 3.63) is 35.4 Å². The van der Waals surface area contributed by atoms with Gasteiger partial charge >= 0.3 is 0 Å². The number of unbranched alkanes of at least 4 members (excludes halogenated alkanes) is 1. The van der Waals surface area contributed by atoms with E-state index in [0.29, 0.717) is 0 Å². The first-order chi connectivity index (χ1) is 10.2. The SMILES string of the molecule is CCN(CC)CCCCNC(=O)c1ccc(CSC)cc1. The minimum absolute atomic E-state index is 0.0357. The number of benzene rings is 1. The molecule has 1 aromatic carbocycles. The molecule has 21 heavy (non-hydrogen) atoms. The second kappa shape index (κ2) is 10.7. The number of rotatable bonds is 10. The van der Waals surface area contributed by atoms with Crippen LogP contribution in [0.4, 0.5) is 0 Å². The van der Waals surface area contributed by atoms with Crippen LogP contribution in [0.15, 0.2) is 24.3 Å². The van der Waals surface area contributed by atoms with Crippen molar-refractivity contribution in [2.75, 3.05) is 32.4 Å². The van der Waals surface area contributed by atoms with Crippen LogP contribution in [0.2, 0.25) is 0 Å². The van der Waals surface area contributed by atoms with Crippen molar-refractivity contribution >= 4 is 17.7 Å². The van der Waals surface area contributed by atoms with Crippen molar-refractivity contribution in [3.63, 3.8) is 0 Å². The van der Waals surface area contributed by atoms with Crippen LogP contribution in [-0.2, 0) is 5.75 Å². The van der Waals surface area contributed by atoms with Crippen molar-refractivity contribution in [2.24, 2.45) is 0 Å². The standard InChI is InChI=1S/C17H28N2OS/c1-4-19(5-2)13-7-6-12-18-17(20)16-10-8-15(9-11-16)14-21-3/h8-11H,4-7,12-14H2,1-3H3,(H,18,20). The van der Waals surface area contributed by atoms with Crippen molar-refractivity contribution in [2.45, 2.75) is 32.4 Å². The van der Waals surface area contributed by atoms with E-state index >= 15 is 0 Å². The number of amides is 1. The lowest BCUT2D eigenvalue weighted by Crippen LogP contribution is -2.27. The van der Waals surface area contributed by atoms with Gasteiger partial charge in [0.15, 0.2) is 0 Å². The Hall–Kier alpha value is -1.00. The minimum Gasteiger partial charge on any atom is -0.352 e. The highest BCUT2D eigenvalue weighted by Crippen LogP contribution is 2.10. The lowest BCUT2D eigenvalue weighted by atomic mass is 10.1. The maximum absolute atomic E-state index is 12.0. The fourth-order valence-electron chi connectivity index (χ4n) is 2.22. The maximum Gasteiger partial charge on any atom is 0.251 e. The summed E-state index contributed by atoms with van der Waals surface area (Å²) in [7, 11) is 0. The monoisotopic (exact) mass is 308 g/mol. The van der Waals surface area contributed by atoms with Gasteiger partial charge in [0.1, 0.15) is 0 Å². The van der Waals surface area contributed by atoms with Gasteiger partial charge < -0.3 is 10.2 Å². The zero-order valence-electron chi connectivity index (χ0n) is 13.5. The van der Waals surface area contributed by atoms with Gasteiger partial charge in [0.05, 0.1) is 0 Å². The Morgan fingerprint density at radius 1 is 1.14 bits per heavy atom. The average molecular weight is 308 g/mol. The highest BCUT2D eigenvalue weighted by molar-refractivity contribution is 7.97. The fourth-order valence-corrected chi connectivity index (χ4v) is 2.75. The molecule has 4 heteroatoms. The van der Waals surface area contributed by atoms with Crippen LogP contribution in [0.3, 0.4) is 0 Å². The zero-order chi connectivity index (χ0) is 15.5. The van der Waals surface area contributed by atoms with Crippen molar-refractivity contribution in [1.29, 1.82) is 0 Å². The number of hydrogen-bond donors (Lipinski definition) is 1. The molecule has 0 aliphatic heterocycles. The molecule has 1 aromatic rings. The van der Waals surface area contributed by atoms with E-state index in [0.717, 1.165) is 50.3 Å². The Morgan fingerprint density at radius 2 is 1.81 bits per heavy atom. The number of hydrogen-bond acceptors (Lipinski definition) is 3. The second-order valence-corrected chi connectivity index (χ2v) is 5.99. The van der Waals surface area contributed by atoms with Gasteiger partial charge in [-0.25, -0.2) is 0 Å². The fraction of sp³-hybridized carbons (Fsp3) is 0.588. The third-order valence-corrected chi connectivity index (χ3v) is 4.23. The summed E-state index contributed by atoms with van der Waals surface area (Å²) >= 11 is 1.79. The molecule has 0 saturated heterocycles. The van der Waals surface area contributed by atoms with Crippen molar-refractivity contribution < 1.29 is 4.79 Å². The number of carbonyl (C=O) groups is 1. The third kappa shape index (κ3) is 7.00. The summed E-state index contributed by atoms with van der Waals surface area (Å²) in [6.45, 7) is 8.45. The molecule has 0 bridgehead atoms. The number of thioether (sulfide) groups is 1. The summed E-state index contributed by atoms with van der Waals surface area (Å²) in [5.41, 5.74) is 2.02. The van der Waals surface area contributed by atoms with Crippen LogP contribution in [0.25, 0.3) is 0 Å². The van der Waals surface area contributed by atoms with Crippen molar-refractivity contribution in [3.8, 4) is 0 Å². The molecule has 0 unspecified atom stereocenters. The molecule has 0 spiro atoms. The highest BCUT2D eigenvalue weighted by atomic mass is 32.2. The Kier molecular flexibility index (Phi) is 9.19. The zero-order valence-corrected chi connectivity index (χ0v) is 14.3. The van der Waals surface area contributed by atoms with Gasteiger partial charge in [-0.2, -0.15) is 11.8 Å². The van der Waals surface area contributed by atoms with E-state index in [1.54, 1.807) is 11.8 Å². The molecule has 1 N–H and O–H groups in total. The van der Waals surface area contributed by atoms with Gasteiger partial charge in [0, 0.05) is 17.9 Å². The average Bonchev–Trinajstić information content (AvgIpc) is 2.52. The normalized spacial score (nSPS) is 10.9. The van der Waals surface area contributed by atoms with E-state index in [2.05, 4.69) is 30.3 Å². The van der Waals surface area contributed by atoms with E-state index in [4.69, 9.17) is 0 Å². The topological polar surface area (TPSA) is 32.3 Å². The Labute approximate surface area is 133 Å². The van der Waals surface area contributed by atoms with Gasteiger partial charge in [-0.15, -0.1) is 0 Å². The van der Waals surface area contributed by atoms with Crippen molar-refractivity contribution in [1.82, 2.24) is 10.2 Å². The van der Waals surface area contributed by atoms with E-state index in [1.165, 1.54) is 5.56 Å². The summed E-state index contributed by atoms with van der Waals surface area (Å²) in [6, 6.07) is 7.89. The molecular weight excluding hydrogens is 280 g/mol. The van der Waals surface area contributed by atoms with E-state index in [9.17, 15) is 4.79 Å². The molecule has 0 aliphatic carbocycles. The van der Waals surface area contributed by atoms with E-state index in [1.807, 2.05) is 24.3 Å². The predicted molar refractivity (Wildman–Crippen MR) is 93.0 cm³/mol. The summed E-state index contributed by atoms with van der Waals surface area (Å²) in [5.74, 6) is 1.03. The van der Waals surface area contributed by atoms with Crippen LogP contribution in [-0.4, -0.2) is 43.2 Å². The Morgan fingerprint density at radius 3 is 2.38 bits per heavy atom. The van der Waals surface area contributed by atoms with Gasteiger partial charge in [-0.1, -0.05) is 26.0 Å². The van der Waals surface area contributed by atoms with Crippen LogP contribution >= 0.6 is 11.8 Å². The molecule has 0 aromatic heterocycles. The highest BCUT2D eigenvalue weighted by Gasteiger charge is 2.05. The molecule has 0 saturated carbocycles. The molecule has 1 amide bonds. The third-order valence-electron chi connectivity index (χ3n) is 3.61. The minimum atomic E-state index is 0.0357. The second-order valence-electron chi connectivity index (χ2n) is 5.12. The lowest BCUT2D eigenvalue weighted by Gasteiger charge is -2.17. The van der Waals surface area contributed by atoms with E-state index in [-0.39, 0.29) is 5.91 Å². The van der Waals surface area contributed by atoms with Gasteiger partial charge in [0.2, 0.25) is 0 Å². The van der Waals surface area contributed by atoms with Crippen LogP contribution < -0.4 is 5.32 Å². The molecule has 0 atom stereocenters. The molecule has 118 valence electrons. The van der Waals surface area contributed by atoms with Crippen LogP contribution in [0, 0.1) is 0 Å². The Bertz CT molecular complexity index is 402. The molecule has 3 nitrogen and oxygen atoms in total. The quantitative estimate of drug-likeness (QED) is 0.672. The first-order valence-electron chi connectivity index (χ1n) is 7.79. The lowest BCUT2D eigenvalue weighted by molar-refractivity contribution is 0.0952. The molecule has 0 heterocycles. The summed E-state index contributed by atoms with van der Waals surface area (Å²) in [5, 5.41) is 3.00. The number of nitrogens with zero attached hydrogens (tertiary/aromatic N) is 1. The van der Waals surface area contributed by atoms with Gasteiger partial charge in [-0.05, 0) is 56.4 Å². The largest absolute Gasteiger partial charge is 0.352 e. The molecule has 0 radical (unpaired) electrons. The summed E-state index contributed by atoms with van der Waals surface area (Å²) < 4.78 is 0. The molecular formula is C17H28N2OS. The molecule has 1 rings (SSSR count).